The molecule has 0 fully saturated rings. The lowest BCUT2D eigenvalue weighted by molar-refractivity contribution is -0.136. The van der Waals surface area contributed by atoms with Crippen LogP contribution in [0, 0.1) is 6.92 Å². The zero-order valence-electron chi connectivity index (χ0n) is 20.3. The fourth-order valence-corrected chi connectivity index (χ4v) is 4.13. The molecule has 3 aromatic rings. The van der Waals surface area contributed by atoms with Crippen molar-refractivity contribution in [2.24, 2.45) is 0 Å². The Labute approximate surface area is 187 Å². The first kappa shape index (κ1) is 23.1. The van der Waals surface area contributed by atoms with Crippen LogP contribution in [0.4, 0.5) is 0 Å². The molecule has 0 aliphatic rings. The fourth-order valence-electron chi connectivity index (χ4n) is 4.13. The molecular formula is C29H36O2. The molecule has 1 unspecified atom stereocenters. The summed E-state index contributed by atoms with van der Waals surface area (Å²) in [6, 6.07) is 18.8. The van der Waals surface area contributed by atoms with E-state index in [1.807, 2.05) is 19.1 Å². The summed E-state index contributed by atoms with van der Waals surface area (Å²) in [4.78, 5) is 13.5. The largest absolute Gasteiger partial charge is 0.425 e. The number of ether oxygens (including phenoxy) is 1. The third-order valence-corrected chi connectivity index (χ3v) is 5.92. The molecule has 0 N–H and O–H groups in total. The highest BCUT2D eigenvalue weighted by molar-refractivity contribution is 5.86. The quantitative estimate of drug-likeness (QED) is 0.320. The van der Waals surface area contributed by atoms with E-state index in [-0.39, 0.29) is 22.7 Å². The normalized spacial score (nSPS) is 13.3. The van der Waals surface area contributed by atoms with Gasteiger partial charge in [0.05, 0.1) is 5.92 Å². The molecule has 31 heavy (non-hydrogen) atoms. The van der Waals surface area contributed by atoms with Crippen molar-refractivity contribution in [2.75, 3.05) is 0 Å². The van der Waals surface area contributed by atoms with Crippen LogP contribution in [-0.4, -0.2) is 5.97 Å². The number of carbonyl (C=O) groups is 1. The van der Waals surface area contributed by atoms with E-state index in [4.69, 9.17) is 4.74 Å². The molecule has 0 aliphatic heterocycles. The molecule has 0 bridgehead atoms. The molecule has 0 spiro atoms. The molecule has 2 heteroatoms. The highest BCUT2D eigenvalue weighted by Gasteiger charge is 2.30. The molecule has 0 aliphatic carbocycles. The first-order valence-corrected chi connectivity index (χ1v) is 11.3. The maximum Gasteiger partial charge on any atom is 0.318 e. The lowest BCUT2D eigenvalue weighted by Gasteiger charge is -2.30. The van der Waals surface area contributed by atoms with Gasteiger partial charge in [-0.2, -0.15) is 0 Å². The second-order valence-corrected chi connectivity index (χ2v) is 10.7. The summed E-state index contributed by atoms with van der Waals surface area (Å²) >= 11 is 0. The van der Waals surface area contributed by atoms with Gasteiger partial charge in [-0.05, 0) is 40.5 Å². The van der Waals surface area contributed by atoms with Gasteiger partial charge in [0.15, 0.2) is 0 Å². The summed E-state index contributed by atoms with van der Waals surface area (Å²) in [7, 11) is 0. The third-order valence-electron chi connectivity index (χ3n) is 5.92. The zero-order valence-corrected chi connectivity index (χ0v) is 20.3. The van der Waals surface area contributed by atoms with Crippen molar-refractivity contribution in [2.45, 2.75) is 78.6 Å². The SMILES string of the molecule is CCC(C(=O)Oc1c(C(C)(C)C)cc(C)cc1C(C)(C)C)c1ccc2ccccc2c1. The lowest BCUT2D eigenvalue weighted by Crippen LogP contribution is -2.25. The van der Waals surface area contributed by atoms with Gasteiger partial charge < -0.3 is 4.74 Å². The number of aryl methyl sites for hydroxylation is 1. The zero-order chi connectivity index (χ0) is 23.0. The molecule has 0 radical (unpaired) electrons. The van der Waals surface area contributed by atoms with Crippen LogP contribution in [0.1, 0.15) is 83.1 Å². The van der Waals surface area contributed by atoms with Gasteiger partial charge >= 0.3 is 5.97 Å². The first-order chi connectivity index (χ1) is 14.4. The molecule has 0 saturated heterocycles. The van der Waals surface area contributed by atoms with Gasteiger partial charge in [0, 0.05) is 11.1 Å². The highest BCUT2D eigenvalue weighted by Crippen LogP contribution is 2.41. The van der Waals surface area contributed by atoms with Crippen LogP contribution in [-0.2, 0) is 15.6 Å². The topological polar surface area (TPSA) is 26.3 Å². The number of fused-ring (bicyclic) bond motifs is 1. The van der Waals surface area contributed by atoms with Crippen molar-refractivity contribution in [1.29, 1.82) is 0 Å². The van der Waals surface area contributed by atoms with Crippen LogP contribution in [0.5, 0.6) is 5.75 Å². The molecule has 0 aromatic heterocycles. The second-order valence-electron chi connectivity index (χ2n) is 10.7. The molecular weight excluding hydrogens is 380 g/mol. The van der Waals surface area contributed by atoms with E-state index in [0.717, 1.165) is 27.8 Å². The number of benzene rings is 3. The third kappa shape index (κ3) is 5.01. The molecule has 3 aromatic carbocycles. The van der Waals surface area contributed by atoms with Crippen molar-refractivity contribution >= 4 is 16.7 Å². The fraction of sp³-hybridized carbons (Fsp3) is 0.414. The Bertz CT molecular complexity index is 1060. The predicted octanol–water partition coefficient (Wildman–Crippen LogP) is 7.84. The van der Waals surface area contributed by atoms with Gasteiger partial charge in [-0.3, -0.25) is 4.79 Å². The number of rotatable bonds is 4. The molecule has 0 amide bonds. The van der Waals surface area contributed by atoms with Crippen molar-refractivity contribution in [1.82, 2.24) is 0 Å². The Kier molecular flexibility index (Phi) is 6.32. The average molecular weight is 417 g/mol. The summed E-state index contributed by atoms with van der Waals surface area (Å²) in [5.74, 6) is 0.249. The van der Waals surface area contributed by atoms with Gasteiger partial charge in [-0.1, -0.05) is 109 Å². The van der Waals surface area contributed by atoms with Crippen LogP contribution >= 0.6 is 0 Å². The minimum atomic E-state index is -0.299. The summed E-state index contributed by atoms with van der Waals surface area (Å²) in [6.45, 7) is 17.2. The number of hydrogen-bond donors (Lipinski definition) is 0. The summed E-state index contributed by atoms with van der Waals surface area (Å²) in [5.41, 5.74) is 4.10. The van der Waals surface area contributed by atoms with Crippen LogP contribution < -0.4 is 4.74 Å². The van der Waals surface area contributed by atoms with Crippen LogP contribution in [0.15, 0.2) is 54.6 Å². The number of hydrogen-bond acceptors (Lipinski definition) is 2. The molecule has 1 atom stereocenters. The summed E-state index contributed by atoms with van der Waals surface area (Å²) in [6.07, 6.45) is 0.693. The Balaban J connectivity index is 2.06. The van der Waals surface area contributed by atoms with E-state index in [1.54, 1.807) is 0 Å². The van der Waals surface area contributed by atoms with E-state index < -0.39 is 0 Å². The monoisotopic (exact) mass is 416 g/mol. The van der Waals surface area contributed by atoms with Gasteiger partial charge in [0.25, 0.3) is 0 Å². The Morgan fingerprint density at radius 2 is 1.39 bits per heavy atom. The van der Waals surface area contributed by atoms with E-state index in [2.05, 4.69) is 90.9 Å². The van der Waals surface area contributed by atoms with Gasteiger partial charge in [-0.15, -0.1) is 0 Å². The molecule has 0 saturated carbocycles. The Morgan fingerprint density at radius 1 is 0.839 bits per heavy atom. The standard InChI is InChI=1S/C29H36O2/c1-9-23(22-15-14-20-12-10-11-13-21(20)18-22)27(30)31-26-24(28(3,4)5)16-19(2)17-25(26)29(6,7)8/h10-18,23H,9H2,1-8H3. The minimum Gasteiger partial charge on any atom is -0.425 e. The predicted molar refractivity (Wildman–Crippen MR) is 131 cm³/mol. The summed E-state index contributed by atoms with van der Waals surface area (Å²) < 4.78 is 6.27. The van der Waals surface area contributed by atoms with Crippen LogP contribution in [0.3, 0.4) is 0 Å². The van der Waals surface area contributed by atoms with Crippen molar-refractivity contribution in [3.63, 3.8) is 0 Å². The molecule has 164 valence electrons. The van der Waals surface area contributed by atoms with Crippen molar-refractivity contribution in [3.8, 4) is 5.75 Å². The maximum atomic E-state index is 13.5. The lowest BCUT2D eigenvalue weighted by atomic mass is 9.78. The van der Waals surface area contributed by atoms with E-state index in [0.29, 0.717) is 6.42 Å². The van der Waals surface area contributed by atoms with E-state index >= 15 is 0 Å². The smallest absolute Gasteiger partial charge is 0.318 e. The second kappa shape index (κ2) is 8.49. The van der Waals surface area contributed by atoms with Crippen LogP contribution in [0.2, 0.25) is 0 Å². The van der Waals surface area contributed by atoms with Crippen molar-refractivity contribution in [3.05, 3.63) is 76.9 Å². The first-order valence-electron chi connectivity index (χ1n) is 11.3. The van der Waals surface area contributed by atoms with Gasteiger partial charge in [-0.25, -0.2) is 0 Å². The van der Waals surface area contributed by atoms with Crippen LogP contribution in [0.25, 0.3) is 10.8 Å². The summed E-state index contributed by atoms with van der Waals surface area (Å²) in [5, 5.41) is 2.32. The highest BCUT2D eigenvalue weighted by atomic mass is 16.5. The number of carbonyl (C=O) groups excluding carboxylic acids is 1. The molecule has 0 heterocycles. The van der Waals surface area contributed by atoms with E-state index in [9.17, 15) is 4.79 Å². The minimum absolute atomic E-state index is 0.133. The van der Waals surface area contributed by atoms with Crippen molar-refractivity contribution < 1.29 is 9.53 Å². The van der Waals surface area contributed by atoms with Gasteiger partial charge in [0.1, 0.15) is 5.75 Å². The Morgan fingerprint density at radius 3 is 1.90 bits per heavy atom. The average Bonchev–Trinajstić information content (AvgIpc) is 2.68. The molecule has 2 nitrogen and oxygen atoms in total. The Hall–Kier alpha value is -2.61. The van der Waals surface area contributed by atoms with Gasteiger partial charge in [0.2, 0.25) is 0 Å². The molecule has 3 rings (SSSR count). The maximum absolute atomic E-state index is 13.5. The van der Waals surface area contributed by atoms with E-state index in [1.165, 1.54) is 10.9 Å². The number of esters is 1.